The molecular weight excluding hydrogens is 144 g/mol. The van der Waals surface area contributed by atoms with E-state index < -0.39 is 5.41 Å². The van der Waals surface area contributed by atoms with Gasteiger partial charge in [-0.15, -0.1) is 0 Å². The lowest BCUT2D eigenvalue weighted by molar-refractivity contribution is -0.150. The van der Waals surface area contributed by atoms with Gasteiger partial charge in [0.15, 0.2) is 0 Å². The lowest BCUT2D eigenvalue weighted by atomic mass is 9.77. The molecule has 62 valence electrons. The molecule has 0 spiro atoms. The minimum atomic E-state index is -0.889. The van der Waals surface area contributed by atoms with E-state index in [1.54, 1.807) is 6.92 Å². The molecule has 0 aromatic rings. The standard InChI is InChI=1S/C8H12O3/c1-5-4-11-7(10)8(5,3)6(2)9/h5H,4H2,1-3H3. The van der Waals surface area contributed by atoms with Gasteiger partial charge < -0.3 is 4.74 Å². The van der Waals surface area contributed by atoms with Crippen LogP contribution >= 0.6 is 0 Å². The van der Waals surface area contributed by atoms with Crippen LogP contribution in [0.2, 0.25) is 0 Å². The SMILES string of the molecule is CC(=O)C1(C)C(=O)OCC1C. The first-order chi connectivity index (χ1) is 4.99. The van der Waals surface area contributed by atoms with E-state index in [9.17, 15) is 9.59 Å². The molecule has 0 aromatic heterocycles. The highest BCUT2D eigenvalue weighted by Crippen LogP contribution is 2.35. The minimum absolute atomic E-state index is 0.00694. The highest BCUT2D eigenvalue weighted by Gasteiger charge is 2.49. The number of hydrogen-bond donors (Lipinski definition) is 0. The van der Waals surface area contributed by atoms with Gasteiger partial charge >= 0.3 is 5.97 Å². The summed E-state index contributed by atoms with van der Waals surface area (Å²) in [5.41, 5.74) is -0.889. The van der Waals surface area contributed by atoms with Crippen LogP contribution in [0.1, 0.15) is 20.8 Å². The fraction of sp³-hybridized carbons (Fsp3) is 0.750. The number of cyclic esters (lactones) is 1. The highest BCUT2D eigenvalue weighted by atomic mass is 16.5. The smallest absolute Gasteiger partial charge is 0.319 e. The Hall–Kier alpha value is -0.860. The van der Waals surface area contributed by atoms with E-state index >= 15 is 0 Å². The molecule has 3 heteroatoms. The fourth-order valence-electron chi connectivity index (χ4n) is 1.21. The van der Waals surface area contributed by atoms with Crippen molar-refractivity contribution in [3.63, 3.8) is 0 Å². The molecule has 1 saturated heterocycles. The second-order valence-corrected chi connectivity index (χ2v) is 3.26. The van der Waals surface area contributed by atoms with Gasteiger partial charge in [-0.05, 0) is 13.8 Å². The summed E-state index contributed by atoms with van der Waals surface area (Å²) in [5, 5.41) is 0. The third-order valence-electron chi connectivity index (χ3n) is 2.61. The summed E-state index contributed by atoms with van der Waals surface area (Å²) in [7, 11) is 0. The summed E-state index contributed by atoms with van der Waals surface area (Å²) < 4.78 is 4.78. The van der Waals surface area contributed by atoms with Crippen LogP contribution in [0.4, 0.5) is 0 Å². The van der Waals surface area contributed by atoms with Gasteiger partial charge in [-0.1, -0.05) is 6.92 Å². The molecule has 1 rings (SSSR count). The maximum atomic E-state index is 11.1. The molecule has 0 N–H and O–H groups in total. The van der Waals surface area contributed by atoms with Crippen LogP contribution in [0.5, 0.6) is 0 Å². The van der Waals surface area contributed by atoms with Crippen LogP contribution in [0, 0.1) is 11.3 Å². The van der Waals surface area contributed by atoms with Gasteiger partial charge in [-0.3, -0.25) is 9.59 Å². The third kappa shape index (κ3) is 0.951. The van der Waals surface area contributed by atoms with E-state index in [0.717, 1.165) is 0 Å². The normalized spacial score (nSPS) is 37.0. The van der Waals surface area contributed by atoms with Crippen molar-refractivity contribution in [3.8, 4) is 0 Å². The fourth-order valence-corrected chi connectivity index (χ4v) is 1.21. The van der Waals surface area contributed by atoms with Gasteiger partial charge in [0.1, 0.15) is 11.2 Å². The Morgan fingerprint density at radius 3 is 2.45 bits per heavy atom. The second kappa shape index (κ2) is 2.32. The Balaban J connectivity index is 2.98. The van der Waals surface area contributed by atoms with Gasteiger partial charge in [0, 0.05) is 5.92 Å². The maximum Gasteiger partial charge on any atom is 0.319 e. The van der Waals surface area contributed by atoms with Crippen molar-refractivity contribution in [1.82, 2.24) is 0 Å². The van der Waals surface area contributed by atoms with Crippen LogP contribution in [-0.2, 0) is 14.3 Å². The monoisotopic (exact) mass is 156 g/mol. The molecule has 11 heavy (non-hydrogen) atoms. The number of rotatable bonds is 1. The summed E-state index contributed by atoms with van der Waals surface area (Å²) in [6, 6.07) is 0. The third-order valence-corrected chi connectivity index (χ3v) is 2.61. The first-order valence-corrected chi connectivity index (χ1v) is 3.68. The van der Waals surface area contributed by atoms with E-state index in [-0.39, 0.29) is 17.7 Å². The summed E-state index contributed by atoms with van der Waals surface area (Å²) in [6.45, 7) is 5.31. The molecule has 3 nitrogen and oxygen atoms in total. The second-order valence-electron chi connectivity index (χ2n) is 3.26. The van der Waals surface area contributed by atoms with E-state index in [0.29, 0.717) is 6.61 Å². The van der Waals surface area contributed by atoms with Gasteiger partial charge in [0.25, 0.3) is 0 Å². The molecule has 1 heterocycles. The van der Waals surface area contributed by atoms with Crippen molar-refractivity contribution in [1.29, 1.82) is 0 Å². The number of esters is 1. The van der Waals surface area contributed by atoms with Crippen molar-refractivity contribution in [3.05, 3.63) is 0 Å². The predicted molar refractivity (Wildman–Crippen MR) is 38.9 cm³/mol. The number of carbonyl (C=O) groups is 2. The summed E-state index contributed by atoms with van der Waals surface area (Å²) in [6.07, 6.45) is 0. The Morgan fingerprint density at radius 1 is 1.73 bits per heavy atom. The topological polar surface area (TPSA) is 43.4 Å². The number of carbonyl (C=O) groups excluding carboxylic acids is 2. The average molecular weight is 156 g/mol. The van der Waals surface area contributed by atoms with Crippen LogP contribution in [0.25, 0.3) is 0 Å². The Bertz CT molecular complexity index is 209. The van der Waals surface area contributed by atoms with Crippen LogP contribution in [0.3, 0.4) is 0 Å². The zero-order chi connectivity index (χ0) is 8.65. The van der Waals surface area contributed by atoms with Crippen molar-refractivity contribution in [2.24, 2.45) is 11.3 Å². The zero-order valence-electron chi connectivity index (χ0n) is 7.01. The van der Waals surface area contributed by atoms with E-state index in [1.807, 2.05) is 6.92 Å². The van der Waals surface area contributed by atoms with Gasteiger partial charge in [0.2, 0.25) is 0 Å². The van der Waals surface area contributed by atoms with Gasteiger partial charge in [-0.2, -0.15) is 0 Å². The first-order valence-electron chi connectivity index (χ1n) is 3.68. The minimum Gasteiger partial charge on any atom is -0.465 e. The van der Waals surface area contributed by atoms with Crippen LogP contribution in [-0.4, -0.2) is 18.4 Å². The molecular formula is C8H12O3. The molecule has 0 bridgehead atoms. The van der Waals surface area contributed by atoms with Crippen molar-refractivity contribution < 1.29 is 14.3 Å². The highest BCUT2D eigenvalue weighted by molar-refractivity contribution is 6.03. The molecule has 1 aliphatic rings. The maximum absolute atomic E-state index is 11.1. The average Bonchev–Trinajstić information content (AvgIpc) is 2.18. The van der Waals surface area contributed by atoms with E-state index in [2.05, 4.69) is 0 Å². The number of hydrogen-bond acceptors (Lipinski definition) is 3. The molecule has 2 unspecified atom stereocenters. The van der Waals surface area contributed by atoms with Crippen molar-refractivity contribution in [2.75, 3.05) is 6.61 Å². The molecule has 0 aliphatic carbocycles. The molecule has 0 radical (unpaired) electrons. The van der Waals surface area contributed by atoms with Gasteiger partial charge in [0.05, 0.1) is 6.61 Å². The number of ketones is 1. The van der Waals surface area contributed by atoms with Crippen molar-refractivity contribution >= 4 is 11.8 Å². The molecule has 1 aliphatic heterocycles. The lowest BCUT2D eigenvalue weighted by Gasteiger charge is -2.19. The zero-order valence-corrected chi connectivity index (χ0v) is 7.01. The predicted octanol–water partition coefficient (Wildman–Crippen LogP) is 0.775. The lowest BCUT2D eigenvalue weighted by Crippen LogP contribution is -2.35. The molecule has 0 saturated carbocycles. The van der Waals surface area contributed by atoms with E-state index in [1.165, 1.54) is 6.92 Å². The molecule has 1 fully saturated rings. The van der Waals surface area contributed by atoms with Gasteiger partial charge in [-0.25, -0.2) is 0 Å². The Morgan fingerprint density at radius 2 is 2.27 bits per heavy atom. The van der Waals surface area contributed by atoms with Crippen LogP contribution in [0.15, 0.2) is 0 Å². The summed E-state index contributed by atoms with van der Waals surface area (Å²) in [4.78, 5) is 22.2. The molecule has 0 aromatic carbocycles. The number of Topliss-reactive ketones (excluding diaryl/α,β-unsaturated/α-hetero) is 1. The molecule has 2 atom stereocenters. The largest absolute Gasteiger partial charge is 0.465 e. The Kier molecular flexibility index (Phi) is 1.74. The van der Waals surface area contributed by atoms with E-state index in [4.69, 9.17) is 4.74 Å². The quantitative estimate of drug-likeness (QED) is 0.416. The van der Waals surface area contributed by atoms with Crippen molar-refractivity contribution in [2.45, 2.75) is 20.8 Å². The summed E-state index contributed by atoms with van der Waals surface area (Å²) in [5.74, 6) is -0.475. The van der Waals surface area contributed by atoms with Crippen LogP contribution < -0.4 is 0 Å². The molecule has 0 amide bonds. The first kappa shape index (κ1) is 8.24. The Labute approximate surface area is 65.7 Å². The number of ether oxygens (including phenoxy) is 1. The summed E-state index contributed by atoms with van der Waals surface area (Å²) >= 11 is 0.